The molecule has 0 saturated heterocycles. The van der Waals surface area contributed by atoms with Gasteiger partial charge in [-0.1, -0.05) is 23.9 Å². The van der Waals surface area contributed by atoms with Gasteiger partial charge in [-0.3, -0.25) is 0 Å². The summed E-state index contributed by atoms with van der Waals surface area (Å²) in [6.07, 6.45) is -0.662. The molecule has 1 unspecified atom stereocenters. The van der Waals surface area contributed by atoms with Crippen molar-refractivity contribution in [2.24, 2.45) is 0 Å². The second-order valence-electron chi connectivity index (χ2n) is 4.15. The van der Waals surface area contributed by atoms with E-state index in [2.05, 4.69) is 0 Å². The number of aliphatic hydroxyl groups is 1. The van der Waals surface area contributed by atoms with Crippen LogP contribution < -0.4 is 4.74 Å². The lowest BCUT2D eigenvalue weighted by Crippen LogP contribution is -1.93. The first-order valence-corrected chi connectivity index (χ1v) is 6.71. The fourth-order valence-electron chi connectivity index (χ4n) is 1.65. The molecular weight excluding hydrogens is 263 g/mol. The third-order valence-corrected chi connectivity index (χ3v) is 3.75. The number of aliphatic hydroxyl groups excluding tert-OH is 1. The fraction of sp³-hybridized carbons (Fsp3) is 0.200. The van der Waals surface area contributed by atoms with Crippen molar-refractivity contribution < 1.29 is 14.2 Å². The highest BCUT2D eigenvalue weighted by atomic mass is 32.2. The molecule has 0 fully saturated rings. The molecule has 0 aliphatic heterocycles. The molecular formula is C15H15FO2S. The number of methoxy groups -OCH3 is 1. The zero-order valence-corrected chi connectivity index (χ0v) is 11.6. The van der Waals surface area contributed by atoms with Crippen molar-refractivity contribution in [2.75, 3.05) is 7.11 Å². The van der Waals surface area contributed by atoms with Gasteiger partial charge in [0.1, 0.15) is 11.6 Å². The summed E-state index contributed by atoms with van der Waals surface area (Å²) in [5, 5.41) is 9.41. The van der Waals surface area contributed by atoms with E-state index in [9.17, 15) is 9.50 Å². The van der Waals surface area contributed by atoms with Crippen LogP contribution in [0.4, 0.5) is 4.39 Å². The number of hydrogen-bond acceptors (Lipinski definition) is 3. The molecule has 19 heavy (non-hydrogen) atoms. The van der Waals surface area contributed by atoms with E-state index in [0.29, 0.717) is 10.5 Å². The molecule has 0 aliphatic carbocycles. The first-order valence-electron chi connectivity index (χ1n) is 5.89. The van der Waals surface area contributed by atoms with Crippen LogP contribution in [0.5, 0.6) is 5.75 Å². The second kappa shape index (κ2) is 6.08. The topological polar surface area (TPSA) is 29.5 Å². The van der Waals surface area contributed by atoms with Gasteiger partial charge in [0.2, 0.25) is 0 Å². The molecule has 0 heterocycles. The molecule has 2 nitrogen and oxygen atoms in total. The van der Waals surface area contributed by atoms with Crippen molar-refractivity contribution in [3.63, 3.8) is 0 Å². The Hall–Kier alpha value is -1.52. The van der Waals surface area contributed by atoms with Gasteiger partial charge in [-0.25, -0.2) is 4.39 Å². The highest BCUT2D eigenvalue weighted by molar-refractivity contribution is 7.99. The quantitative estimate of drug-likeness (QED) is 0.915. The van der Waals surface area contributed by atoms with Gasteiger partial charge in [-0.15, -0.1) is 0 Å². The zero-order chi connectivity index (χ0) is 13.8. The van der Waals surface area contributed by atoms with Crippen molar-refractivity contribution in [3.8, 4) is 5.75 Å². The Kier molecular flexibility index (Phi) is 4.45. The van der Waals surface area contributed by atoms with Crippen molar-refractivity contribution in [1.29, 1.82) is 0 Å². The maximum atomic E-state index is 13.9. The molecule has 2 aromatic rings. The molecule has 1 atom stereocenters. The molecule has 0 bridgehead atoms. The van der Waals surface area contributed by atoms with Gasteiger partial charge in [-0.05, 0) is 42.8 Å². The van der Waals surface area contributed by atoms with E-state index in [-0.39, 0.29) is 5.82 Å². The molecule has 2 aromatic carbocycles. The molecule has 100 valence electrons. The minimum Gasteiger partial charge on any atom is -0.497 e. The summed E-state index contributed by atoms with van der Waals surface area (Å²) < 4.78 is 19.0. The van der Waals surface area contributed by atoms with Gasteiger partial charge in [0, 0.05) is 9.79 Å². The molecule has 0 spiro atoms. The third-order valence-electron chi connectivity index (χ3n) is 2.71. The maximum Gasteiger partial charge on any atom is 0.137 e. The predicted octanol–water partition coefficient (Wildman–Crippen LogP) is 4.04. The summed E-state index contributed by atoms with van der Waals surface area (Å²) in [7, 11) is 1.60. The highest BCUT2D eigenvalue weighted by Crippen LogP contribution is 2.32. The minimum atomic E-state index is -0.662. The number of hydrogen-bond donors (Lipinski definition) is 1. The summed E-state index contributed by atoms with van der Waals surface area (Å²) in [5.74, 6) is 0.414. The summed E-state index contributed by atoms with van der Waals surface area (Å²) in [6.45, 7) is 1.61. The lowest BCUT2D eigenvalue weighted by molar-refractivity contribution is 0.198. The van der Waals surface area contributed by atoms with E-state index in [4.69, 9.17) is 4.74 Å². The summed E-state index contributed by atoms with van der Waals surface area (Å²) in [4.78, 5) is 1.43. The summed E-state index contributed by atoms with van der Waals surface area (Å²) in [5.41, 5.74) is 0.576. The average molecular weight is 278 g/mol. The maximum absolute atomic E-state index is 13.9. The molecule has 0 aliphatic rings. The predicted molar refractivity (Wildman–Crippen MR) is 74.2 cm³/mol. The van der Waals surface area contributed by atoms with E-state index in [1.807, 2.05) is 24.3 Å². The standard InChI is InChI=1S/C15H15FO2S/c1-10(17)11-6-7-15(14(16)8-11)19-13-5-3-4-12(9-13)18-2/h3-10,17H,1-2H3. The molecule has 4 heteroatoms. The average Bonchev–Trinajstić information content (AvgIpc) is 2.41. The lowest BCUT2D eigenvalue weighted by Gasteiger charge is -2.08. The Morgan fingerprint density at radius 2 is 2.00 bits per heavy atom. The van der Waals surface area contributed by atoms with Crippen LogP contribution in [0.15, 0.2) is 52.3 Å². The van der Waals surface area contributed by atoms with Crippen molar-refractivity contribution in [2.45, 2.75) is 22.8 Å². The van der Waals surface area contributed by atoms with Crippen molar-refractivity contribution in [3.05, 3.63) is 53.8 Å². The van der Waals surface area contributed by atoms with Crippen LogP contribution in [0, 0.1) is 5.82 Å². The van der Waals surface area contributed by atoms with Crippen LogP contribution >= 0.6 is 11.8 Å². The first kappa shape index (κ1) is 13.9. The molecule has 0 aromatic heterocycles. The number of halogens is 1. The van der Waals surface area contributed by atoms with Crippen molar-refractivity contribution in [1.82, 2.24) is 0 Å². The SMILES string of the molecule is COc1cccc(Sc2ccc(C(C)O)cc2F)c1. The largest absolute Gasteiger partial charge is 0.497 e. The second-order valence-corrected chi connectivity index (χ2v) is 5.26. The van der Waals surface area contributed by atoms with Gasteiger partial charge in [0.15, 0.2) is 0 Å². The summed E-state index contributed by atoms with van der Waals surface area (Å²) >= 11 is 1.33. The lowest BCUT2D eigenvalue weighted by atomic mass is 10.1. The molecule has 0 radical (unpaired) electrons. The van der Waals surface area contributed by atoms with E-state index >= 15 is 0 Å². The van der Waals surface area contributed by atoms with E-state index in [1.165, 1.54) is 17.8 Å². The summed E-state index contributed by atoms with van der Waals surface area (Å²) in [6, 6.07) is 12.2. The Morgan fingerprint density at radius 1 is 1.21 bits per heavy atom. The molecule has 2 rings (SSSR count). The van der Waals surface area contributed by atoms with E-state index in [0.717, 1.165) is 10.6 Å². The molecule has 0 saturated carbocycles. The van der Waals surface area contributed by atoms with Gasteiger partial charge in [-0.2, -0.15) is 0 Å². The van der Waals surface area contributed by atoms with E-state index < -0.39 is 6.10 Å². The highest BCUT2D eigenvalue weighted by Gasteiger charge is 2.08. The first-order chi connectivity index (χ1) is 9.10. The molecule has 1 N–H and O–H groups in total. The Morgan fingerprint density at radius 3 is 2.63 bits per heavy atom. The Bertz CT molecular complexity index is 570. The van der Waals surface area contributed by atoms with Gasteiger partial charge in [0.25, 0.3) is 0 Å². The van der Waals surface area contributed by atoms with Crippen LogP contribution in [-0.4, -0.2) is 12.2 Å². The number of rotatable bonds is 4. The monoisotopic (exact) mass is 278 g/mol. The van der Waals surface area contributed by atoms with Gasteiger partial charge in [0.05, 0.1) is 13.2 Å². The Labute approximate surface area is 116 Å². The fourth-order valence-corrected chi connectivity index (χ4v) is 2.52. The van der Waals surface area contributed by atoms with Crippen LogP contribution in [0.2, 0.25) is 0 Å². The smallest absolute Gasteiger partial charge is 0.137 e. The van der Waals surface area contributed by atoms with Crippen LogP contribution in [0.25, 0.3) is 0 Å². The van der Waals surface area contributed by atoms with Crippen LogP contribution in [-0.2, 0) is 0 Å². The normalized spacial score (nSPS) is 12.2. The number of benzene rings is 2. The van der Waals surface area contributed by atoms with E-state index in [1.54, 1.807) is 26.2 Å². The zero-order valence-electron chi connectivity index (χ0n) is 10.8. The minimum absolute atomic E-state index is 0.328. The van der Waals surface area contributed by atoms with Gasteiger partial charge >= 0.3 is 0 Å². The van der Waals surface area contributed by atoms with Gasteiger partial charge < -0.3 is 9.84 Å². The molecule has 0 amide bonds. The third kappa shape index (κ3) is 3.49. The van der Waals surface area contributed by atoms with Crippen molar-refractivity contribution >= 4 is 11.8 Å². The number of ether oxygens (including phenoxy) is 1. The Balaban J connectivity index is 2.23. The van der Waals surface area contributed by atoms with Crippen LogP contribution in [0.3, 0.4) is 0 Å². The van der Waals surface area contributed by atoms with Crippen LogP contribution in [0.1, 0.15) is 18.6 Å².